The van der Waals surface area contributed by atoms with E-state index in [4.69, 9.17) is 5.73 Å². The van der Waals surface area contributed by atoms with Crippen LogP contribution in [-0.4, -0.2) is 25.3 Å². The molecular formula is C9H17N3OS. The van der Waals surface area contributed by atoms with E-state index in [2.05, 4.69) is 4.98 Å². The highest BCUT2D eigenvalue weighted by molar-refractivity contribution is 7.84. The third-order valence-corrected chi connectivity index (χ3v) is 3.64. The van der Waals surface area contributed by atoms with E-state index in [9.17, 15) is 4.21 Å². The maximum Gasteiger partial charge on any atom is 0.200 e. The minimum Gasteiger partial charge on any atom is -0.369 e. The summed E-state index contributed by atoms with van der Waals surface area (Å²) in [7, 11) is -0.758. The Balaban J connectivity index is 2.53. The smallest absolute Gasteiger partial charge is 0.200 e. The van der Waals surface area contributed by atoms with Crippen molar-refractivity contribution >= 4 is 16.7 Å². The first kappa shape index (κ1) is 11.2. The second-order valence-electron chi connectivity index (χ2n) is 3.53. The van der Waals surface area contributed by atoms with Gasteiger partial charge >= 0.3 is 0 Å². The van der Waals surface area contributed by atoms with Crippen molar-refractivity contribution in [1.29, 1.82) is 0 Å². The molecule has 1 aromatic rings. The van der Waals surface area contributed by atoms with Crippen LogP contribution in [0.2, 0.25) is 0 Å². The van der Waals surface area contributed by atoms with Crippen LogP contribution in [0.3, 0.4) is 0 Å². The van der Waals surface area contributed by atoms with Gasteiger partial charge in [-0.3, -0.25) is 4.21 Å². The number of hydrogen-bond donors (Lipinski definition) is 1. The normalized spacial score (nSPS) is 15.4. The van der Waals surface area contributed by atoms with Crippen molar-refractivity contribution in [2.24, 2.45) is 0 Å². The molecule has 5 heteroatoms. The number of nitrogen functional groups attached to an aromatic ring is 1. The average Bonchev–Trinajstić information content (AvgIpc) is 2.40. The van der Waals surface area contributed by atoms with Crippen molar-refractivity contribution < 1.29 is 4.21 Å². The van der Waals surface area contributed by atoms with Crippen molar-refractivity contribution in [3.8, 4) is 0 Å². The first-order chi connectivity index (χ1) is 6.50. The molecule has 0 saturated carbocycles. The summed E-state index contributed by atoms with van der Waals surface area (Å²) >= 11 is 0. The van der Waals surface area contributed by atoms with E-state index >= 15 is 0 Å². The topological polar surface area (TPSA) is 60.9 Å². The van der Waals surface area contributed by atoms with Crippen LogP contribution in [0.1, 0.15) is 19.0 Å². The number of imidazole rings is 1. The van der Waals surface area contributed by atoms with Gasteiger partial charge in [-0.1, -0.05) is 6.92 Å². The summed E-state index contributed by atoms with van der Waals surface area (Å²) in [4.78, 5) is 4.10. The molecule has 2 atom stereocenters. The van der Waals surface area contributed by atoms with E-state index in [1.54, 1.807) is 6.26 Å². The molecule has 2 N–H and O–H groups in total. The Morgan fingerprint density at radius 1 is 1.71 bits per heavy atom. The lowest BCUT2D eigenvalue weighted by atomic mass is 10.3. The lowest BCUT2D eigenvalue weighted by Crippen LogP contribution is -2.13. The third kappa shape index (κ3) is 2.83. The Bertz CT molecular complexity index is 335. The molecule has 1 heterocycles. The molecule has 2 unspecified atom stereocenters. The maximum atomic E-state index is 11.1. The molecule has 0 aliphatic carbocycles. The second-order valence-corrected chi connectivity index (χ2v) is 5.33. The van der Waals surface area contributed by atoms with Crippen LogP contribution in [0.25, 0.3) is 0 Å². The number of anilines is 1. The van der Waals surface area contributed by atoms with Gasteiger partial charge in [-0.05, 0) is 13.3 Å². The molecule has 0 spiro atoms. The highest BCUT2D eigenvalue weighted by atomic mass is 32.2. The van der Waals surface area contributed by atoms with Crippen molar-refractivity contribution in [1.82, 2.24) is 9.55 Å². The molecule has 1 rings (SSSR count). The van der Waals surface area contributed by atoms with Gasteiger partial charge in [-0.15, -0.1) is 0 Å². The molecule has 14 heavy (non-hydrogen) atoms. The van der Waals surface area contributed by atoms with Gasteiger partial charge in [0.1, 0.15) is 0 Å². The fourth-order valence-electron chi connectivity index (χ4n) is 1.23. The molecule has 0 fully saturated rings. The molecule has 80 valence electrons. The zero-order chi connectivity index (χ0) is 10.7. The molecule has 0 radical (unpaired) electrons. The zero-order valence-electron chi connectivity index (χ0n) is 8.86. The molecule has 0 aliphatic heterocycles. The van der Waals surface area contributed by atoms with Crippen LogP contribution < -0.4 is 5.73 Å². The third-order valence-electron chi connectivity index (χ3n) is 2.27. The van der Waals surface area contributed by atoms with Crippen LogP contribution in [0.5, 0.6) is 0 Å². The van der Waals surface area contributed by atoms with E-state index in [-0.39, 0.29) is 5.25 Å². The fraction of sp³-hybridized carbons (Fsp3) is 0.667. The van der Waals surface area contributed by atoms with E-state index < -0.39 is 10.8 Å². The minimum atomic E-state index is -0.758. The maximum absolute atomic E-state index is 11.1. The monoisotopic (exact) mass is 215 g/mol. The minimum absolute atomic E-state index is 0.206. The second kappa shape index (κ2) is 4.59. The molecule has 0 saturated heterocycles. The summed E-state index contributed by atoms with van der Waals surface area (Å²) in [5.74, 6) is 0.539. The number of nitrogens with two attached hydrogens (primary N) is 1. The van der Waals surface area contributed by atoms with Crippen LogP contribution in [0, 0.1) is 6.92 Å². The van der Waals surface area contributed by atoms with Gasteiger partial charge in [0.25, 0.3) is 0 Å². The predicted molar refractivity (Wildman–Crippen MR) is 59.5 cm³/mol. The Kier molecular flexibility index (Phi) is 3.69. The van der Waals surface area contributed by atoms with E-state index in [0.717, 1.165) is 18.7 Å². The van der Waals surface area contributed by atoms with E-state index in [1.807, 2.05) is 24.6 Å². The van der Waals surface area contributed by atoms with Crippen molar-refractivity contribution in [3.63, 3.8) is 0 Å². The Morgan fingerprint density at radius 3 is 2.79 bits per heavy atom. The standard InChI is InChI=1S/C9H17N3OS/c1-7-6-12(9(10)11-7)5-4-8(2)14(3)13/h6,8H,4-5H2,1-3H3,(H2,10,11). The number of aryl methyl sites for hydroxylation is 2. The summed E-state index contributed by atoms with van der Waals surface area (Å²) in [5.41, 5.74) is 6.60. The summed E-state index contributed by atoms with van der Waals surface area (Å²) in [5, 5.41) is 0.206. The van der Waals surface area contributed by atoms with Crippen LogP contribution in [-0.2, 0) is 17.3 Å². The molecular weight excluding hydrogens is 198 g/mol. The van der Waals surface area contributed by atoms with Crippen molar-refractivity contribution in [2.75, 3.05) is 12.0 Å². The number of aromatic nitrogens is 2. The lowest BCUT2D eigenvalue weighted by Gasteiger charge is -2.09. The molecule has 0 aliphatic rings. The Labute approximate surface area is 87.0 Å². The van der Waals surface area contributed by atoms with Gasteiger partial charge in [-0.25, -0.2) is 4.98 Å². The Morgan fingerprint density at radius 2 is 2.36 bits per heavy atom. The predicted octanol–water partition coefficient (Wildman–Crippen LogP) is 0.931. The SMILES string of the molecule is Cc1cn(CCC(C)S(C)=O)c(N)n1. The Hall–Kier alpha value is -0.840. The van der Waals surface area contributed by atoms with Gasteiger partial charge in [0.05, 0.1) is 5.69 Å². The van der Waals surface area contributed by atoms with Gasteiger partial charge in [-0.2, -0.15) is 0 Å². The van der Waals surface area contributed by atoms with E-state index in [0.29, 0.717) is 5.95 Å². The lowest BCUT2D eigenvalue weighted by molar-refractivity contribution is 0.624. The number of rotatable bonds is 4. The highest BCUT2D eigenvalue weighted by Crippen LogP contribution is 2.08. The molecule has 0 bridgehead atoms. The first-order valence-electron chi connectivity index (χ1n) is 4.62. The van der Waals surface area contributed by atoms with Crippen LogP contribution in [0.4, 0.5) is 5.95 Å². The van der Waals surface area contributed by atoms with Gasteiger partial charge in [0.2, 0.25) is 0 Å². The number of nitrogens with zero attached hydrogens (tertiary/aromatic N) is 2. The van der Waals surface area contributed by atoms with Crippen LogP contribution >= 0.6 is 0 Å². The molecule has 1 aromatic heterocycles. The average molecular weight is 215 g/mol. The largest absolute Gasteiger partial charge is 0.369 e. The number of hydrogen-bond acceptors (Lipinski definition) is 3. The van der Waals surface area contributed by atoms with Gasteiger partial charge < -0.3 is 10.3 Å². The fourth-order valence-corrected chi connectivity index (χ4v) is 1.67. The summed E-state index contributed by atoms with van der Waals surface area (Å²) < 4.78 is 13.0. The van der Waals surface area contributed by atoms with Gasteiger partial charge in [0.15, 0.2) is 5.95 Å². The molecule has 0 aromatic carbocycles. The summed E-state index contributed by atoms with van der Waals surface area (Å²) in [6.45, 7) is 4.68. The quantitative estimate of drug-likeness (QED) is 0.812. The summed E-state index contributed by atoms with van der Waals surface area (Å²) in [6.07, 6.45) is 4.51. The molecule has 4 nitrogen and oxygen atoms in total. The highest BCUT2D eigenvalue weighted by Gasteiger charge is 2.07. The zero-order valence-corrected chi connectivity index (χ0v) is 9.67. The molecule has 0 amide bonds. The van der Waals surface area contributed by atoms with Crippen LogP contribution in [0.15, 0.2) is 6.20 Å². The van der Waals surface area contributed by atoms with Crippen molar-refractivity contribution in [2.45, 2.75) is 32.1 Å². The van der Waals surface area contributed by atoms with Crippen molar-refractivity contribution in [3.05, 3.63) is 11.9 Å². The van der Waals surface area contributed by atoms with Gasteiger partial charge in [0, 0.05) is 35.0 Å². The first-order valence-corrected chi connectivity index (χ1v) is 6.24. The van der Waals surface area contributed by atoms with E-state index in [1.165, 1.54) is 0 Å². The summed E-state index contributed by atoms with van der Waals surface area (Å²) in [6, 6.07) is 0.